The minimum Gasteiger partial charge on any atom is -0.486 e. The predicted molar refractivity (Wildman–Crippen MR) is 101 cm³/mol. The van der Waals surface area contributed by atoms with Crippen LogP contribution < -0.4 is 4.74 Å². The largest absolute Gasteiger partial charge is 0.486 e. The minimum atomic E-state index is -0.486. The molecule has 0 saturated heterocycles. The molecule has 3 rings (SSSR count). The van der Waals surface area contributed by atoms with E-state index in [2.05, 4.69) is 21.9 Å². The average Bonchev–Trinajstić information content (AvgIpc) is 3.27. The first-order valence-electron chi connectivity index (χ1n) is 7.78. The molecule has 0 spiro atoms. The molecule has 2 aromatic heterocycles. The maximum Gasteiger partial charge on any atom is 0.307 e. The topological polar surface area (TPSA) is 101 Å². The molecule has 0 N–H and O–H groups in total. The normalized spacial score (nSPS) is 10.7. The van der Waals surface area contributed by atoms with Crippen molar-refractivity contribution >= 4 is 29.1 Å². The molecule has 0 atom stereocenters. The fourth-order valence-electron chi connectivity index (χ4n) is 2.17. The van der Waals surface area contributed by atoms with Crippen LogP contribution in [0.15, 0.2) is 54.5 Å². The summed E-state index contributed by atoms with van der Waals surface area (Å²) in [6, 6.07) is 7.04. The molecule has 0 saturated carbocycles. The van der Waals surface area contributed by atoms with Crippen molar-refractivity contribution in [3.63, 3.8) is 0 Å². The average molecular weight is 407 g/mol. The van der Waals surface area contributed by atoms with E-state index in [1.54, 1.807) is 30.3 Å². The van der Waals surface area contributed by atoms with Crippen LogP contribution in [0.5, 0.6) is 5.75 Å². The number of rotatable bonds is 9. The zero-order valence-electron chi connectivity index (χ0n) is 14.1. The Bertz CT molecular complexity index is 940. The second kappa shape index (κ2) is 8.69. The van der Waals surface area contributed by atoms with Gasteiger partial charge in [-0.3, -0.25) is 19.4 Å². The van der Waals surface area contributed by atoms with Crippen LogP contribution in [-0.4, -0.2) is 29.5 Å². The molecule has 0 aliphatic carbocycles. The number of thioether (sulfide) groups is 1. The smallest absolute Gasteiger partial charge is 0.307 e. The van der Waals surface area contributed by atoms with Crippen LogP contribution in [0.1, 0.15) is 5.82 Å². The molecule has 0 aliphatic heterocycles. The summed E-state index contributed by atoms with van der Waals surface area (Å²) in [5.74, 6) is 1.67. The lowest BCUT2D eigenvalue weighted by atomic mass is 10.3. The first kappa shape index (κ1) is 18.9. The Hall–Kier alpha value is -2.85. The first-order chi connectivity index (χ1) is 13.1. The van der Waals surface area contributed by atoms with Gasteiger partial charge in [-0.05, 0) is 24.3 Å². The number of allylic oxidation sites excluding steroid dienone is 1. The molecule has 0 unspecified atom stereocenters. The number of ether oxygens (including phenoxy) is 1. The number of hydrogen-bond acceptors (Lipinski definition) is 7. The van der Waals surface area contributed by atoms with Crippen LogP contribution in [0.25, 0.3) is 0 Å². The van der Waals surface area contributed by atoms with Gasteiger partial charge in [0.2, 0.25) is 0 Å². The Morgan fingerprint density at radius 1 is 1.33 bits per heavy atom. The molecule has 0 bridgehead atoms. The van der Waals surface area contributed by atoms with Crippen molar-refractivity contribution in [3.8, 4) is 5.75 Å². The van der Waals surface area contributed by atoms with Gasteiger partial charge in [-0.1, -0.05) is 29.4 Å². The molecular weight excluding hydrogens is 392 g/mol. The maximum absolute atomic E-state index is 10.7. The van der Waals surface area contributed by atoms with E-state index in [1.807, 2.05) is 4.57 Å². The van der Waals surface area contributed by atoms with Gasteiger partial charge >= 0.3 is 5.69 Å². The number of aromatic nitrogens is 5. The van der Waals surface area contributed by atoms with Crippen molar-refractivity contribution < 1.29 is 9.66 Å². The Labute approximate surface area is 163 Å². The van der Waals surface area contributed by atoms with E-state index >= 15 is 0 Å². The number of nitro groups is 1. The van der Waals surface area contributed by atoms with Gasteiger partial charge in [-0.15, -0.1) is 16.8 Å². The van der Waals surface area contributed by atoms with Gasteiger partial charge in [0.15, 0.2) is 11.0 Å². The molecule has 0 aliphatic rings. The van der Waals surface area contributed by atoms with Crippen LogP contribution >= 0.6 is 23.4 Å². The van der Waals surface area contributed by atoms with Gasteiger partial charge in [0.1, 0.15) is 24.8 Å². The van der Waals surface area contributed by atoms with E-state index in [0.29, 0.717) is 34.2 Å². The standard InChI is InChI=1S/C16H15ClN6O3S/c1-2-7-22-15(10-26-14-5-3-12(17)4-6-14)19-20-16(22)27-11-21-9-13(8-18-21)23(24)25/h2-6,8-9H,1,7,10-11H2. The van der Waals surface area contributed by atoms with Crippen LogP contribution in [0.4, 0.5) is 5.69 Å². The monoisotopic (exact) mass is 406 g/mol. The fraction of sp³-hybridized carbons (Fsp3) is 0.188. The van der Waals surface area contributed by atoms with Crippen molar-refractivity contribution in [2.45, 2.75) is 24.2 Å². The third kappa shape index (κ3) is 4.86. The third-order valence-electron chi connectivity index (χ3n) is 3.44. The van der Waals surface area contributed by atoms with E-state index in [-0.39, 0.29) is 12.3 Å². The highest BCUT2D eigenvalue weighted by Crippen LogP contribution is 2.22. The summed E-state index contributed by atoms with van der Waals surface area (Å²) in [4.78, 5) is 10.2. The van der Waals surface area contributed by atoms with Gasteiger partial charge in [0.05, 0.1) is 10.8 Å². The van der Waals surface area contributed by atoms with E-state index in [1.165, 1.54) is 28.8 Å². The molecule has 0 radical (unpaired) electrons. The van der Waals surface area contributed by atoms with Crippen LogP contribution in [0.2, 0.25) is 5.02 Å². The summed E-state index contributed by atoms with van der Waals surface area (Å²) in [6.07, 6.45) is 4.31. The molecule has 140 valence electrons. The molecule has 9 nitrogen and oxygen atoms in total. The molecule has 0 amide bonds. The van der Waals surface area contributed by atoms with Crippen LogP contribution in [0, 0.1) is 10.1 Å². The van der Waals surface area contributed by atoms with Crippen molar-refractivity contribution in [3.05, 3.63) is 70.3 Å². The zero-order chi connectivity index (χ0) is 19.2. The van der Waals surface area contributed by atoms with Crippen LogP contribution in [-0.2, 0) is 19.0 Å². The van der Waals surface area contributed by atoms with E-state index in [9.17, 15) is 10.1 Å². The highest BCUT2D eigenvalue weighted by molar-refractivity contribution is 7.98. The summed E-state index contributed by atoms with van der Waals surface area (Å²) in [6.45, 7) is 4.49. The molecule has 3 aromatic rings. The number of nitrogens with zero attached hydrogens (tertiary/aromatic N) is 6. The number of halogens is 1. The molecule has 0 fully saturated rings. The quantitative estimate of drug-likeness (QED) is 0.232. The van der Waals surface area contributed by atoms with Gasteiger partial charge < -0.3 is 4.74 Å². The Kier molecular flexibility index (Phi) is 6.09. The molecule has 27 heavy (non-hydrogen) atoms. The first-order valence-corrected chi connectivity index (χ1v) is 9.14. The number of benzene rings is 1. The van der Waals surface area contributed by atoms with Crippen molar-refractivity contribution in [1.29, 1.82) is 0 Å². The lowest BCUT2D eigenvalue weighted by molar-refractivity contribution is -0.385. The maximum atomic E-state index is 10.7. The SMILES string of the molecule is C=CCn1c(COc2ccc(Cl)cc2)nnc1SCn1cc([N+](=O)[O-])cn1. The highest BCUT2D eigenvalue weighted by Gasteiger charge is 2.14. The van der Waals surface area contributed by atoms with E-state index in [0.717, 1.165) is 0 Å². The lowest BCUT2D eigenvalue weighted by Gasteiger charge is -2.09. The van der Waals surface area contributed by atoms with E-state index < -0.39 is 4.92 Å². The second-order valence-corrected chi connectivity index (χ2v) is 6.66. The zero-order valence-corrected chi connectivity index (χ0v) is 15.6. The third-order valence-corrected chi connectivity index (χ3v) is 4.65. The molecule has 11 heteroatoms. The minimum absolute atomic E-state index is 0.0554. The lowest BCUT2D eigenvalue weighted by Crippen LogP contribution is -2.08. The Balaban J connectivity index is 1.67. The second-order valence-electron chi connectivity index (χ2n) is 5.31. The van der Waals surface area contributed by atoms with Gasteiger partial charge in [0, 0.05) is 11.6 Å². The Morgan fingerprint density at radius 3 is 2.78 bits per heavy atom. The summed E-state index contributed by atoms with van der Waals surface area (Å²) in [7, 11) is 0. The van der Waals surface area contributed by atoms with E-state index in [4.69, 9.17) is 16.3 Å². The van der Waals surface area contributed by atoms with Crippen LogP contribution in [0.3, 0.4) is 0 Å². The van der Waals surface area contributed by atoms with Crippen molar-refractivity contribution in [2.75, 3.05) is 0 Å². The predicted octanol–water partition coefficient (Wildman–Crippen LogP) is 3.55. The molecular formula is C16H15ClN6O3S. The summed E-state index contributed by atoms with van der Waals surface area (Å²) in [5.41, 5.74) is -0.0554. The molecule has 2 heterocycles. The molecule has 1 aromatic carbocycles. The van der Waals surface area contributed by atoms with Crippen molar-refractivity contribution in [1.82, 2.24) is 24.5 Å². The van der Waals surface area contributed by atoms with Crippen molar-refractivity contribution in [2.24, 2.45) is 0 Å². The summed E-state index contributed by atoms with van der Waals surface area (Å²) in [5, 5.41) is 24.3. The number of hydrogen-bond donors (Lipinski definition) is 0. The summed E-state index contributed by atoms with van der Waals surface area (Å²) >= 11 is 7.22. The Morgan fingerprint density at radius 2 is 2.11 bits per heavy atom. The fourth-order valence-corrected chi connectivity index (χ4v) is 3.11. The van der Waals surface area contributed by atoms with Gasteiger partial charge in [-0.2, -0.15) is 5.10 Å². The van der Waals surface area contributed by atoms with Gasteiger partial charge in [0.25, 0.3) is 0 Å². The summed E-state index contributed by atoms with van der Waals surface area (Å²) < 4.78 is 9.06. The van der Waals surface area contributed by atoms with Gasteiger partial charge in [-0.25, -0.2) is 0 Å². The highest BCUT2D eigenvalue weighted by atomic mass is 35.5.